The third kappa shape index (κ3) is 4.61. The molecule has 4 aliphatic rings. The number of likely N-dealkylation sites (tertiary alicyclic amines) is 1. The van der Waals surface area contributed by atoms with E-state index in [-0.39, 0.29) is 5.91 Å². The molecule has 2 aromatic carbocycles. The van der Waals surface area contributed by atoms with Gasteiger partial charge in [0.2, 0.25) is 0 Å². The summed E-state index contributed by atoms with van der Waals surface area (Å²) in [4.78, 5) is 18.4. The predicted molar refractivity (Wildman–Crippen MR) is 175 cm³/mol. The topological polar surface area (TPSA) is 60.1 Å². The molecule has 2 unspecified atom stereocenters. The molecule has 2 aromatic heterocycles. The molecule has 1 amide bonds. The number of carbonyl (C=O) groups excluding carboxylic acids is 1. The van der Waals surface area contributed by atoms with Crippen LogP contribution in [0.4, 0.5) is 5.69 Å². The Labute approximate surface area is 260 Å². The summed E-state index contributed by atoms with van der Waals surface area (Å²) in [6.07, 6.45) is 7.25. The zero-order valence-corrected chi connectivity index (χ0v) is 26.6. The molecule has 8 rings (SSSR count). The van der Waals surface area contributed by atoms with Crippen molar-refractivity contribution in [2.45, 2.75) is 65.0 Å². The molecule has 2 saturated heterocycles. The van der Waals surface area contributed by atoms with E-state index in [4.69, 9.17) is 13.9 Å². The van der Waals surface area contributed by atoms with Gasteiger partial charge in [0.25, 0.3) is 5.91 Å². The Morgan fingerprint density at radius 2 is 1.80 bits per heavy atom. The van der Waals surface area contributed by atoms with Crippen molar-refractivity contribution in [3.8, 4) is 17.2 Å². The molecular weight excluding hydrogens is 550 g/mol. The van der Waals surface area contributed by atoms with E-state index in [0.717, 1.165) is 67.2 Å². The van der Waals surface area contributed by atoms with E-state index in [0.29, 0.717) is 41.0 Å². The Kier molecular flexibility index (Phi) is 6.93. The van der Waals surface area contributed by atoms with Gasteiger partial charge in [-0.05, 0) is 99.5 Å². The molecule has 44 heavy (non-hydrogen) atoms. The smallest absolute Gasteiger partial charge is 0.254 e. The van der Waals surface area contributed by atoms with E-state index in [1.807, 2.05) is 19.2 Å². The Bertz CT molecular complexity index is 1720. The first-order valence-electron chi connectivity index (χ1n) is 16.7. The normalized spacial score (nSPS) is 23.9. The molecular formula is C37H45N3O4. The van der Waals surface area contributed by atoms with Gasteiger partial charge >= 0.3 is 0 Å². The van der Waals surface area contributed by atoms with Gasteiger partial charge in [0.1, 0.15) is 11.3 Å². The van der Waals surface area contributed by atoms with Crippen molar-refractivity contribution in [3.63, 3.8) is 0 Å². The number of benzene rings is 2. The zero-order valence-electron chi connectivity index (χ0n) is 26.6. The van der Waals surface area contributed by atoms with E-state index in [9.17, 15) is 4.79 Å². The molecule has 2 bridgehead atoms. The van der Waals surface area contributed by atoms with E-state index in [1.165, 1.54) is 48.7 Å². The minimum atomic E-state index is 0.0986. The molecule has 2 aliphatic heterocycles. The molecule has 0 spiro atoms. The highest BCUT2D eigenvalue weighted by Crippen LogP contribution is 2.45. The fourth-order valence-corrected chi connectivity index (χ4v) is 8.55. The Balaban J connectivity index is 1.17. The predicted octanol–water partition coefficient (Wildman–Crippen LogP) is 7.51. The standard InChI is InChI=1S/C37H45N3O4/c1-22-27-8-10-30(22)40(20-27)37(41)28-16-33(43-4)35-23(2)36(44-34(35)17-28)32-15-26-7-9-29(18-31(26)39(32)19-24-5-6-24)38-13-11-25(12-14-38)21-42-3/h7,9,15-18,22,24-25,27,30H,5-6,8,10-14,19-21H2,1-4H3/t22-,27?,30?/m1/s1. The minimum Gasteiger partial charge on any atom is -0.496 e. The summed E-state index contributed by atoms with van der Waals surface area (Å²) in [6.45, 7) is 9.27. The van der Waals surface area contributed by atoms with Crippen LogP contribution in [0.15, 0.2) is 40.8 Å². The van der Waals surface area contributed by atoms with Crippen LogP contribution in [0, 0.1) is 30.6 Å². The summed E-state index contributed by atoms with van der Waals surface area (Å²) in [6, 6.07) is 13.5. The lowest BCUT2D eigenvalue weighted by Crippen LogP contribution is -2.38. The van der Waals surface area contributed by atoms with Crippen LogP contribution < -0.4 is 9.64 Å². The number of amides is 1. The van der Waals surface area contributed by atoms with Crippen LogP contribution >= 0.6 is 0 Å². The van der Waals surface area contributed by atoms with E-state index in [1.54, 1.807) is 7.11 Å². The zero-order chi connectivity index (χ0) is 30.1. The fourth-order valence-electron chi connectivity index (χ4n) is 8.55. The van der Waals surface area contributed by atoms with E-state index in [2.05, 4.69) is 52.5 Å². The number of fused-ring (bicyclic) bond motifs is 4. The highest BCUT2D eigenvalue weighted by molar-refractivity contribution is 6.02. The van der Waals surface area contributed by atoms with E-state index < -0.39 is 0 Å². The number of hydrogen-bond acceptors (Lipinski definition) is 5. The Morgan fingerprint density at radius 3 is 2.48 bits per heavy atom. The summed E-state index contributed by atoms with van der Waals surface area (Å²) < 4.78 is 20.5. The first-order valence-corrected chi connectivity index (χ1v) is 16.7. The van der Waals surface area contributed by atoms with Gasteiger partial charge in [0, 0.05) is 68.1 Å². The number of aryl methyl sites for hydroxylation is 1. The number of rotatable bonds is 8. The largest absolute Gasteiger partial charge is 0.496 e. The summed E-state index contributed by atoms with van der Waals surface area (Å²) in [7, 11) is 3.50. The highest BCUT2D eigenvalue weighted by atomic mass is 16.5. The number of piperidine rings is 2. The van der Waals surface area contributed by atoms with Crippen molar-refractivity contribution >= 4 is 33.5 Å². The first kappa shape index (κ1) is 28.1. The second-order valence-electron chi connectivity index (χ2n) is 14.0. The van der Waals surface area contributed by atoms with Crippen LogP contribution in [0.1, 0.15) is 61.4 Å². The Morgan fingerprint density at radius 1 is 0.977 bits per heavy atom. The number of anilines is 1. The number of aromatic nitrogens is 1. The summed E-state index contributed by atoms with van der Waals surface area (Å²) in [5.74, 6) is 4.25. The van der Waals surface area contributed by atoms with Crippen LogP contribution in [-0.4, -0.2) is 61.9 Å². The second-order valence-corrected chi connectivity index (χ2v) is 14.0. The molecule has 0 N–H and O–H groups in total. The number of nitrogens with zero attached hydrogens (tertiary/aromatic N) is 3. The molecule has 4 heterocycles. The van der Waals surface area contributed by atoms with Crippen molar-refractivity contribution in [3.05, 3.63) is 47.5 Å². The van der Waals surface area contributed by atoms with Crippen molar-refractivity contribution in [2.75, 3.05) is 45.4 Å². The minimum absolute atomic E-state index is 0.0986. The lowest BCUT2D eigenvalue weighted by molar-refractivity contribution is 0.0695. The molecule has 2 saturated carbocycles. The monoisotopic (exact) mass is 595 g/mol. The maximum atomic E-state index is 13.8. The van der Waals surface area contributed by atoms with Gasteiger partial charge in [-0.2, -0.15) is 0 Å². The van der Waals surface area contributed by atoms with Gasteiger partial charge < -0.3 is 28.3 Å². The average Bonchev–Trinajstić information content (AvgIpc) is 3.45. The van der Waals surface area contributed by atoms with Gasteiger partial charge in [-0.3, -0.25) is 4.79 Å². The maximum Gasteiger partial charge on any atom is 0.254 e. The molecule has 0 radical (unpaired) electrons. The second kappa shape index (κ2) is 10.9. The molecule has 2 aliphatic carbocycles. The number of ether oxygens (including phenoxy) is 2. The fraction of sp³-hybridized carbons (Fsp3) is 0.541. The van der Waals surface area contributed by atoms with Crippen molar-refractivity contribution in [2.24, 2.45) is 23.7 Å². The molecule has 232 valence electrons. The quantitative estimate of drug-likeness (QED) is 0.211. The Hall–Kier alpha value is -3.45. The van der Waals surface area contributed by atoms with Crippen molar-refractivity contribution in [1.82, 2.24) is 9.47 Å². The summed E-state index contributed by atoms with van der Waals surface area (Å²) >= 11 is 0. The average molecular weight is 596 g/mol. The summed E-state index contributed by atoms with van der Waals surface area (Å²) in [5.41, 5.74) is 6.12. The van der Waals surface area contributed by atoms with Gasteiger partial charge in [0.15, 0.2) is 5.76 Å². The lowest BCUT2D eigenvalue weighted by atomic mass is 9.97. The van der Waals surface area contributed by atoms with Gasteiger partial charge in [-0.15, -0.1) is 0 Å². The number of hydrogen-bond donors (Lipinski definition) is 0. The van der Waals surface area contributed by atoms with Gasteiger partial charge in [-0.25, -0.2) is 0 Å². The van der Waals surface area contributed by atoms with Crippen LogP contribution in [-0.2, 0) is 11.3 Å². The van der Waals surface area contributed by atoms with Gasteiger partial charge in [0.05, 0.1) is 23.7 Å². The number of furan rings is 1. The molecule has 4 fully saturated rings. The SMILES string of the molecule is COCC1CCN(c2ccc3cc(-c4oc5cc(C(=O)N6CC7CCC6[C@@H]7C)cc(OC)c5c4C)n(CC4CC4)c3c2)CC1. The first-order chi connectivity index (χ1) is 21.4. The van der Waals surface area contributed by atoms with Crippen LogP contribution in [0.5, 0.6) is 5.75 Å². The lowest BCUT2D eigenvalue weighted by Gasteiger charge is -2.33. The molecule has 3 atom stereocenters. The summed E-state index contributed by atoms with van der Waals surface area (Å²) in [5, 5.41) is 2.19. The third-order valence-electron chi connectivity index (χ3n) is 11.4. The van der Waals surface area contributed by atoms with Crippen molar-refractivity contribution in [1.29, 1.82) is 0 Å². The van der Waals surface area contributed by atoms with E-state index >= 15 is 0 Å². The number of carbonyl (C=O) groups is 1. The van der Waals surface area contributed by atoms with Gasteiger partial charge in [-0.1, -0.05) is 13.0 Å². The maximum absolute atomic E-state index is 13.8. The van der Waals surface area contributed by atoms with Crippen LogP contribution in [0.3, 0.4) is 0 Å². The third-order valence-corrected chi connectivity index (χ3v) is 11.4. The highest BCUT2D eigenvalue weighted by Gasteiger charge is 2.46. The molecule has 4 aromatic rings. The van der Waals surface area contributed by atoms with Crippen LogP contribution in [0.25, 0.3) is 33.3 Å². The number of methoxy groups -OCH3 is 2. The van der Waals surface area contributed by atoms with Crippen LogP contribution in [0.2, 0.25) is 0 Å². The molecule has 7 nitrogen and oxygen atoms in total. The molecule has 7 heteroatoms. The van der Waals surface area contributed by atoms with Crippen molar-refractivity contribution < 1.29 is 18.7 Å².